The van der Waals surface area contributed by atoms with Gasteiger partial charge in [-0.25, -0.2) is 18.4 Å². The molecule has 0 saturated heterocycles. The second-order valence-electron chi connectivity index (χ2n) is 9.77. The summed E-state index contributed by atoms with van der Waals surface area (Å²) in [5, 5.41) is 6.01. The normalized spacial score (nSPS) is 11.8. The maximum Gasteiger partial charge on any atom is 0.235 e. The minimum atomic E-state index is -3.38. The standard InChI is InChI=1S/C29H33N5O4S/c1-20(2)8-9-22-6-5-7-24(17-22)38-26-11-10-23(16-21(26)3)33-29-28-25(31-19-32-29)12-14-34(28)15-13-30-27(35)18-39(4,36)37/h5-12,14,16-17,19-20H,13,15,18H2,1-4H3,(H,30,35)(H,31,32,33)/b9-8+. The largest absolute Gasteiger partial charge is 0.457 e. The highest BCUT2D eigenvalue weighted by molar-refractivity contribution is 7.91. The molecule has 4 rings (SSSR count). The summed E-state index contributed by atoms with van der Waals surface area (Å²) in [6.07, 6.45) is 8.64. The molecule has 10 heteroatoms. The summed E-state index contributed by atoms with van der Waals surface area (Å²) in [7, 11) is -3.38. The van der Waals surface area contributed by atoms with E-state index in [1.807, 2.05) is 66.2 Å². The van der Waals surface area contributed by atoms with Gasteiger partial charge in [0.05, 0.1) is 5.52 Å². The van der Waals surface area contributed by atoms with Crippen molar-refractivity contribution >= 4 is 44.4 Å². The molecule has 39 heavy (non-hydrogen) atoms. The maximum atomic E-state index is 11.9. The lowest BCUT2D eigenvalue weighted by molar-refractivity contribution is -0.118. The molecule has 9 nitrogen and oxygen atoms in total. The molecule has 0 aliphatic rings. The van der Waals surface area contributed by atoms with E-state index in [2.05, 4.69) is 46.6 Å². The lowest BCUT2D eigenvalue weighted by Gasteiger charge is -2.14. The number of aromatic nitrogens is 3. The predicted octanol–water partition coefficient (Wildman–Crippen LogP) is 5.11. The molecule has 2 aromatic heterocycles. The molecular formula is C29H33N5O4S. The van der Waals surface area contributed by atoms with Gasteiger partial charge in [0.25, 0.3) is 0 Å². The Bertz CT molecular complexity index is 1610. The summed E-state index contributed by atoms with van der Waals surface area (Å²) in [4.78, 5) is 20.6. The molecule has 0 bridgehead atoms. The summed E-state index contributed by atoms with van der Waals surface area (Å²) in [5.41, 5.74) is 4.40. The first kappa shape index (κ1) is 27.8. The first-order chi connectivity index (χ1) is 18.6. The third-order valence-electron chi connectivity index (χ3n) is 5.82. The van der Waals surface area contributed by atoms with E-state index in [1.165, 1.54) is 6.33 Å². The number of benzene rings is 2. The number of hydrogen-bond acceptors (Lipinski definition) is 7. The number of nitrogens with zero attached hydrogens (tertiary/aromatic N) is 3. The molecule has 0 fully saturated rings. The molecule has 2 aromatic carbocycles. The van der Waals surface area contributed by atoms with Gasteiger partial charge in [-0.1, -0.05) is 38.1 Å². The van der Waals surface area contributed by atoms with Gasteiger partial charge in [0.15, 0.2) is 15.7 Å². The van der Waals surface area contributed by atoms with E-state index in [0.717, 1.165) is 45.6 Å². The number of ether oxygens (including phenoxy) is 1. The average Bonchev–Trinajstić information content (AvgIpc) is 3.28. The number of nitrogens with one attached hydrogen (secondary N) is 2. The lowest BCUT2D eigenvalue weighted by atomic mass is 10.1. The summed E-state index contributed by atoms with van der Waals surface area (Å²) in [6.45, 7) is 6.97. The van der Waals surface area contributed by atoms with Crippen LogP contribution in [0.2, 0.25) is 0 Å². The lowest BCUT2D eigenvalue weighted by Crippen LogP contribution is -2.32. The summed E-state index contributed by atoms with van der Waals surface area (Å²) in [5.74, 6) is 1.55. The molecule has 2 N–H and O–H groups in total. The van der Waals surface area contributed by atoms with E-state index in [0.29, 0.717) is 18.3 Å². The highest BCUT2D eigenvalue weighted by Gasteiger charge is 2.13. The van der Waals surface area contributed by atoms with Crippen molar-refractivity contribution in [2.24, 2.45) is 5.92 Å². The zero-order valence-electron chi connectivity index (χ0n) is 22.5. The van der Waals surface area contributed by atoms with E-state index < -0.39 is 21.5 Å². The van der Waals surface area contributed by atoms with E-state index in [1.54, 1.807) is 0 Å². The van der Waals surface area contributed by atoms with Crippen molar-refractivity contribution < 1.29 is 17.9 Å². The van der Waals surface area contributed by atoms with Gasteiger partial charge in [-0.2, -0.15) is 0 Å². The molecule has 0 atom stereocenters. The van der Waals surface area contributed by atoms with Crippen LogP contribution in [0.15, 0.2) is 67.1 Å². The van der Waals surface area contributed by atoms with Crippen LogP contribution in [0.5, 0.6) is 11.5 Å². The van der Waals surface area contributed by atoms with E-state index in [9.17, 15) is 13.2 Å². The number of rotatable bonds is 11. The summed E-state index contributed by atoms with van der Waals surface area (Å²) < 4.78 is 30.7. The van der Waals surface area contributed by atoms with Crippen molar-refractivity contribution in [1.29, 1.82) is 0 Å². The van der Waals surface area contributed by atoms with Crippen LogP contribution >= 0.6 is 0 Å². The third-order valence-corrected chi connectivity index (χ3v) is 6.60. The van der Waals surface area contributed by atoms with Gasteiger partial charge in [0.2, 0.25) is 5.91 Å². The van der Waals surface area contributed by atoms with Gasteiger partial charge in [-0.05, 0) is 60.4 Å². The van der Waals surface area contributed by atoms with Crippen LogP contribution in [0.3, 0.4) is 0 Å². The first-order valence-electron chi connectivity index (χ1n) is 12.7. The van der Waals surface area contributed by atoms with Crippen molar-refractivity contribution in [3.8, 4) is 11.5 Å². The smallest absolute Gasteiger partial charge is 0.235 e. The first-order valence-corrected chi connectivity index (χ1v) is 14.7. The molecule has 0 spiro atoms. The van der Waals surface area contributed by atoms with Crippen LogP contribution in [0, 0.1) is 12.8 Å². The molecule has 2 heterocycles. The Kier molecular flexibility index (Phi) is 8.65. The molecule has 0 unspecified atom stereocenters. The van der Waals surface area contributed by atoms with Gasteiger partial charge < -0.3 is 19.9 Å². The van der Waals surface area contributed by atoms with Crippen LogP contribution in [0.4, 0.5) is 11.5 Å². The maximum absolute atomic E-state index is 11.9. The van der Waals surface area contributed by atoms with Gasteiger partial charge in [0.1, 0.15) is 29.1 Å². The Morgan fingerprint density at radius 2 is 1.95 bits per heavy atom. The van der Waals surface area contributed by atoms with Crippen molar-refractivity contribution in [3.63, 3.8) is 0 Å². The molecule has 0 saturated carbocycles. The highest BCUT2D eigenvalue weighted by Crippen LogP contribution is 2.30. The Labute approximate surface area is 228 Å². The van der Waals surface area contributed by atoms with Crippen LogP contribution in [-0.2, 0) is 21.2 Å². The predicted molar refractivity (Wildman–Crippen MR) is 155 cm³/mol. The summed E-state index contributed by atoms with van der Waals surface area (Å²) >= 11 is 0. The van der Waals surface area contributed by atoms with Gasteiger partial charge in [-0.15, -0.1) is 0 Å². The van der Waals surface area contributed by atoms with E-state index in [4.69, 9.17) is 4.74 Å². The Morgan fingerprint density at radius 1 is 1.13 bits per heavy atom. The Hall–Kier alpha value is -4.18. The van der Waals surface area contributed by atoms with Crippen molar-refractivity contribution in [3.05, 3.63) is 78.3 Å². The fraction of sp³-hybridized carbons (Fsp3) is 0.276. The molecule has 0 aliphatic heterocycles. The zero-order chi connectivity index (χ0) is 28.0. The minimum absolute atomic E-state index is 0.270. The number of sulfone groups is 1. The van der Waals surface area contributed by atoms with Crippen molar-refractivity contribution in [1.82, 2.24) is 19.9 Å². The number of fused-ring (bicyclic) bond motifs is 1. The summed E-state index contributed by atoms with van der Waals surface area (Å²) in [6, 6.07) is 15.7. The topological polar surface area (TPSA) is 115 Å². The zero-order valence-corrected chi connectivity index (χ0v) is 23.3. The molecule has 1 amide bonds. The van der Waals surface area contributed by atoms with Crippen LogP contribution in [-0.4, -0.2) is 47.4 Å². The molecular weight excluding hydrogens is 514 g/mol. The number of aryl methyl sites for hydroxylation is 1. The fourth-order valence-corrected chi connectivity index (χ4v) is 4.58. The second-order valence-corrected chi connectivity index (χ2v) is 11.9. The molecule has 0 aliphatic carbocycles. The number of amides is 1. The minimum Gasteiger partial charge on any atom is -0.457 e. The third kappa shape index (κ3) is 7.90. The monoisotopic (exact) mass is 547 g/mol. The number of anilines is 2. The SMILES string of the molecule is Cc1cc(Nc2ncnc3ccn(CCNC(=O)CS(C)(=O)=O)c23)ccc1Oc1cccc(/C=C/C(C)C)c1. The van der Waals surface area contributed by atoms with Gasteiger partial charge in [-0.3, -0.25) is 4.79 Å². The quantitative estimate of drug-likeness (QED) is 0.268. The highest BCUT2D eigenvalue weighted by atomic mass is 32.2. The number of hydrogen-bond donors (Lipinski definition) is 2. The molecule has 0 radical (unpaired) electrons. The van der Waals surface area contributed by atoms with E-state index >= 15 is 0 Å². The van der Waals surface area contributed by atoms with Crippen molar-refractivity contribution in [2.45, 2.75) is 27.3 Å². The van der Waals surface area contributed by atoms with E-state index in [-0.39, 0.29) is 6.54 Å². The Morgan fingerprint density at radius 3 is 2.69 bits per heavy atom. The molecule has 4 aromatic rings. The fourth-order valence-electron chi connectivity index (χ4n) is 4.01. The number of allylic oxidation sites excluding steroid dienone is 1. The molecule has 204 valence electrons. The second kappa shape index (κ2) is 12.1. The number of carbonyl (C=O) groups is 1. The van der Waals surface area contributed by atoms with Gasteiger partial charge >= 0.3 is 0 Å². The van der Waals surface area contributed by atoms with Crippen LogP contribution in [0.1, 0.15) is 25.0 Å². The number of carbonyl (C=O) groups excluding carboxylic acids is 1. The van der Waals surface area contributed by atoms with Crippen molar-refractivity contribution in [2.75, 3.05) is 23.9 Å². The Balaban J connectivity index is 1.47. The van der Waals surface area contributed by atoms with Crippen LogP contribution in [0.25, 0.3) is 17.1 Å². The average molecular weight is 548 g/mol. The van der Waals surface area contributed by atoms with Crippen LogP contribution < -0.4 is 15.4 Å². The van der Waals surface area contributed by atoms with Gasteiger partial charge in [0, 0.05) is 31.2 Å².